The Hall–Kier alpha value is -1.33. The minimum atomic E-state index is -0.635. The van der Waals surface area contributed by atoms with Gasteiger partial charge in [0, 0.05) is 20.5 Å². The standard InChI is InChI=1S/C13H19ClN4O/c1-5-9-13(14)11(18(4)16-9)7-12(19)10-6-8(2)15-17(10)3/h6,12,19H,5,7H2,1-4H3. The van der Waals surface area contributed by atoms with E-state index in [0.717, 1.165) is 29.2 Å². The van der Waals surface area contributed by atoms with E-state index in [9.17, 15) is 5.11 Å². The van der Waals surface area contributed by atoms with Crippen molar-refractivity contribution in [3.63, 3.8) is 0 Å². The fourth-order valence-electron chi connectivity index (χ4n) is 2.27. The molecule has 0 fully saturated rings. The minimum Gasteiger partial charge on any atom is -0.386 e. The first-order valence-electron chi connectivity index (χ1n) is 6.32. The van der Waals surface area contributed by atoms with Gasteiger partial charge in [-0.1, -0.05) is 18.5 Å². The Morgan fingerprint density at radius 1 is 1.32 bits per heavy atom. The summed E-state index contributed by atoms with van der Waals surface area (Å²) < 4.78 is 3.44. The summed E-state index contributed by atoms with van der Waals surface area (Å²) in [5.74, 6) is 0. The highest BCUT2D eigenvalue weighted by molar-refractivity contribution is 6.31. The van der Waals surface area contributed by atoms with Crippen LogP contribution in [0.2, 0.25) is 5.02 Å². The number of aliphatic hydroxyl groups excluding tert-OH is 1. The molecule has 2 aromatic heterocycles. The molecule has 2 heterocycles. The van der Waals surface area contributed by atoms with Crippen LogP contribution < -0.4 is 0 Å². The van der Waals surface area contributed by atoms with Crippen LogP contribution in [0.15, 0.2) is 6.07 Å². The molecule has 0 aliphatic carbocycles. The van der Waals surface area contributed by atoms with Gasteiger partial charge in [-0.3, -0.25) is 9.36 Å². The Morgan fingerprint density at radius 3 is 2.47 bits per heavy atom. The third kappa shape index (κ3) is 2.67. The molecule has 0 radical (unpaired) electrons. The van der Waals surface area contributed by atoms with E-state index in [1.165, 1.54) is 0 Å². The first kappa shape index (κ1) is 14.1. The van der Waals surface area contributed by atoms with Crippen molar-refractivity contribution >= 4 is 11.6 Å². The van der Waals surface area contributed by atoms with Gasteiger partial charge in [0.1, 0.15) is 6.10 Å². The maximum absolute atomic E-state index is 10.3. The molecule has 1 atom stereocenters. The summed E-state index contributed by atoms with van der Waals surface area (Å²) in [4.78, 5) is 0. The van der Waals surface area contributed by atoms with E-state index in [1.54, 1.807) is 9.36 Å². The number of aliphatic hydroxyl groups is 1. The molecule has 104 valence electrons. The van der Waals surface area contributed by atoms with Crippen LogP contribution in [-0.2, 0) is 26.9 Å². The average molecular weight is 283 g/mol. The predicted octanol–water partition coefficient (Wildman–Crippen LogP) is 1.95. The summed E-state index contributed by atoms with van der Waals surface area (Å²) in [5, 5.41) is 19.6. The van der Waals surface area contributed by atoms with Gasteiger partial charge < -0.3 is 5.11 Å². The molecule has 0 aliphatic heterocycles. The molecule has 6 heteroatoms. The van der Waals surface area contributed by atoms with Crippen LogP contribution >= 0.6 is 11.6 Å². The van der Waals surface area contributed by atoms with Crippen LogP contribution in [0.5, 0.6) is 0 Å². The smallest absolute Gasteiger partial charge is 0.101 e. The number of hydrogen-bond acceptors (Lipinski definition) is 3. The SMILES string of the molecule is CCc1nn(C)c(CC(O)c2cc(C)nn2C)c1Cl. The average Bonchev–Trinajstić information content (AvgIpc) is 2.82. The number of rotatable bonds is 4. The van der Waals surface area contributed by atoms with Gasteiger partial charge in [0.2, 0.25) is 0 Å². The monoisotopic (exact) mass is 282 g/mol. The third-order valence-corrected chi connectivity index (χ3v) is 3.71. The molecule has 0 amide bonds. The molecular formula is C13H19ClN4O. The highest BCUT2D eigenvalue weighted by Crippen LogP contribution is 2.26. The molecule has 0 saturated carbocycles. The molecular weight excluding hydrogens is 264 g/mol. The lowest BCUT2D eigenvalue weighted by atomic mass is 10.1. The number of aryl methyl sites for hydroxylation is 4. The lowest BCUT2D eigenvalue weighted by Crippen LogP contribution is -2.10. The van der Waals surface area contributed by atoms with Crippen molar-refractivity contribution in [2.75, 3.05) is 0 Å². The molecule has 0 saturated heterocycles. The second-order valence-corrected chi connectivity index (χ2v) is 5.12. The Morgan fingerprint density at radius 2 is 2.00 bits per heavy atom. The van der Waals surface area contributed by atoms with Crippen molar-refractivity contribution in [1.82, 2.24) is 19.6 Å². The van der Waals surface area contributed by atoms with Gasteiger partial charge in [-0.25, -0.2) is 0 Å². The van der Waals surface area contributed by atoms with Crippen LogP contribution in [0.4, 0.5) is 0 Å². The van der Waals surface area contributed by atoms with Crippen molar-refractivity contribution in [2.24, 2.45) is 14.1 Å². The van der Waals surface area contributed by atoms with Gasteiger partial charge in [-0.05, 0) is 19.4 Å². The van der Waals surface area contributed by atoms with Gasteiger partial charge in [-0.2, -0.15) is 10.2 Å². The third-order valence-electron chi connectivity index (χ3n) is 3.27. The molecule has 0 bridgehead atoms. The van der Waals surface area contributed by atoms with Crippen molar-refractivity contribution in [3.8, 4) is 0 Å². The zero-order valence-corrected chi connectivity index (χ0v) is 12.4. The van der Waals surface area contributed by atoms with Gasteiger partial charge in [-0.15, -0.1) is 0 Å². The Bertz CT molecular complexity index is 588. The molecule has 0 spiro atoms. The van der Waals surface area contributed by atoms with Crippen molar-refractivity contribution in [2.45, 2.75) is 32.8 Å². The quantitative estimate of drug-likeness (QED) is 0.933. The number of aromatic nitrogens is 4. The molecule has 1 N–H and O–H groups in total. The summed E-state index contributed by atoms with van der Waals surface area (Å²) in [6.45, 7) is 3.92. The van der Waals surface area contributed by atoms with E-state index in [2.05, 4.69) is 10.2 Å². The van der Waals surface area contributed by atoms with Gasteiger partial charge in [0.25, 0.3) is 0 Å². The number of halogens is 1. The number of nitrogens with zero attached hydrogens (tertiary/aromatic N) is 4. The Kier molecular flexibility index (Phi) is 3.96. The second kappa shape index (κ2) is 5.35. The fourth-order valence-corrected chi connectivity index (χ4v) is 2.64. The molecule has 0 aliphatic rings. The highest BCUT2D eigenvalue weighted by atomic mass is 35.5. The zero-order chi connectivity index (χ0) is 14.2. The van der Waals surface area contributed by atoms with Crippen LogP contribution in [0, 0.1) is 6.92 Å². The minimum absolute atomic E-state index is 0.432. The molecule has 2 rings (SSSR count). The van der Waals surface area contributed by atoms with Crippen LogP contribution in [0.3, 0.4) is 0 Å². The predicted molar refractivity (Wildman–Crippen MR) is 74.2 cm³/mol. The van der Waals surface area contributed by atoms with Gasteiger partial charge >= 0.3 is 0 Å². The topological polar surface area (TPSA) is 55.9 Å². The van der Waals surface area contributed by atoms with Crippen LogP contribution in [0.1, 0.15) is 35.8 Å². The Balaban J connectivity index is 2.26. The molecule has 19 heavy (non-hydrogen) atoms. The first-order valence-corrected chi connectivity index (χ1v) is 6.70. The maximum Gasteiger partial charge on any atom is 0.101 e. The lowest BCUT2D eigenvalue weighted by molar-refractivity contribution is 0.166. The lowest BCUT2D eigenvalue weighted by Gasteiger charge is -2.11. The van der Waals surface area contributed by atoms with Crippen molar-refractivity contribution < 1.29 is 5.11 Å². The van der Waals surface area contributed by atoms with E-state index < -0.39 is 6.10 Å². The molecule has 5 nitrogen and oxygen atoms in total. The van der Waals surface area contributed by atoms with Crippen molar-refractivity contribution in [3.05, 3.63) is 33.9 Å². The first-order chi connectivity index (χ1) is 8.93. The van der Waals surface area contributed by atoms with E-state index in [1.807, 2.05) is 34.0 Å². The second-order valence-electron chi connectivity index (χ2n) is 4.74. The summed E-state index contributed by atoms with van der Waals surface area (Å²) in [5.41, 5.74) is 3.40. The Labute approximate surface area is 117 Å². The summed E-state index contributed by atoms with van der Waals surface area (Å²) in [6.07, 6.45) is 0.582. The summed E-state index contributed by atoms with van der Waals surface area (Å²) >= 11 is 6.29. The van der Waals surface area contributed by atoms with Crippen LogP contribution in [-0.4, -0.2) is 24.7 Å². The van der Waals surface area contributed by atoms with Crippen molar-refractivity contribution in [1.29, 1.82) is 0 Å². The largest absolute Gasteiger partial charge is 0.386 e. The van der Waals surface area contributed by atoms with E-state index >= 15 is 0 Å². The fraction of sp³-hybridized carbons (Fsp3) is 0.538. The molecule has 0 aromatic carbocycles. The summed E-state index contributed by atoms with van der Waals surface area (Å²) in [7, 11) is 3.68. The van der Waals surface area contributed by atoms with E-state index in [0.29, 0.717) is 11.4 Å². The highest BCUT2D eigenvalue weighted by Gasteiger charge is 2.20. The normalized spacial score (nSPS) is 12.9. The van der Waals surface area contributed by atoms with Crippen LogP contribution in [0.25, 0.3) is 0 Å². The van der Waals surface area contributed by atoms with E-state index in [-0.39, 0.29) is 0 Å². The van der Waals surface area contributed by atoms with E-state index in [4.69, 9.17) is 11.6 Å². The van der Waals surface area contributed by atoms with Gasteiger partial charge in [0.05, 0.1) is 27.8 Å². The molecule has 1 unspecified atom stereocenters. The maximum atomic E-state index is 10.3. The number of hydrogen-bond donors (Lipinski definition) is 1. The molecule has 2 aromatic rings. The summed E-state index contributed by atoms with van der Waals surface area (Å²) in [6, 6.07) is 1.88. The van der Waals surface area contributed by atoms with Gasteiger partial charge in [0.15, 0.2) is 0 Å². The zero-order valence-electron chi connectivity index (χ0n) is 11.7.